The molecule has 0 saturated carbocycles. The van der Waals surface area contributed by atoms with Gasteiger partial charge in [-0.3, -0.25) is 19.3 Å². The van der Waals surface area contributed by atoms with Gasteiger partial charge in [-0.05, 0) is 38.3 Å². The summed E-state index contributed by atoms with van der Waals surface area (Å²) >= 11 is 0. The van der Waals surface area contributed by atoms with Crippen molar-refractivity contribution in [1.29, 1.82) is 0 Å². The van der Waals surface area contributed by atoms with Crippen LogP contribution < -0.4 is 15.5 Å². The summed E-state index contributed by atoms with van der Waals surface area (Å²) in [5.74, 6) is -1.12. The second kappa shape index (κ2) is 12.0. The van der Waals surface area contributed by atoms with E-state index in [0.717, 1.165) is 5.56 Å². The standard InChI is InChI=1S/C25H36N8O5/c1-7-15(2)21(27-24(37)38-25(3,4)5)22(35)26-13-20(34)33-17-11-9-8-10-16(17)12-18(33)23(36)32(6)14-19-28-30-31-29-19/h8-11,15,18,21H,7,12-14H2,1-6H3,(H,26,35)(H,27,37)(H,28,29,30,31)/t15-,18+,21+/m1/s1. The number of nitrogens with one attached hydrogen (secondary N) is 3. The summed E-state index contributed by atoms with van der Waals surface area (Å²) < 4.78 is 5.30. The molecule has 1 aliphatic heterocycles. The highest BCUT2D eigenvalue weighted by atomic mass is 16.6. The van der Waals surface area contributed by atoms with E-state index >= 15 is 0 Å². The van der Waals surface area contributed by atoms with Gasteiger partial charge in [0.1, 0.15) is 17.7 Å². The van der Waals surface area contributed by atoms with Crippen LogP contribution in [-0.2, 0) is 32.1 Å². The molecule has 0 bridgehead atoms. The number of tetrazole rings is 1. The first kappa shape index (κ1) is 28.5. The van der Waals surface area contributed by atoms with Gasteiger partial charge in [0, 0.05) is 19.2 Å². The minimum atomic E-state index is -0.896. The van der Waals surface area contributed by atoms with Crippen LogP contribution in [0.15, 0.2) is 24.3 Å². The zero-order chi connectivity index (χ0) is 28.0. The monoisotopic (exact) mass is 528 g/mol. The Hall–Kier alpha value is -4.03. The predicted octanol–water partition coefficient (Wildman–Crippen LogP) is 1.17. The Balaban J connectivity index is 1.72. The number of carbonyl (C=O) groups is 4. The lowest BCUT2D eigenvalue weighted by atomic mass is 9.98. The molecule has 3 rings (SSSR count). The molecule has 0 fully saturated rings. The minimum absolute atomic E-state index is 0.119. The van der Waals surface area contributed by atoms with Gasteiger partial charge in [0.25, 0.3) is 0 Å². The predicted molar refractivity (Wildman–Crippen MR) is 138 cm³/mol. The van der Waals surface area contributed by atoms with Gasteiger partial charge < -0.3 is 20.3 Å². The minimum Gasteiger partial charge on any atom is -0.444 e. The fourth-order valence-electron chi connectivity index (χ4n) is 4.18. The number of carbonyl (C=O) groups excluding carboxylic acids is 4. The van der Waals surface area contributed by atoms with Crippen molar-refractivity contribution in [3.05, 3.63) is 35.7 Å². The third kappa shape index (κ3) is 7.05. The zero-order valence-electron chi connectivity index (χ0n) is 22.6. The van der Waals surface area contributed by atoms with Crippen LogP contribution in [0, 0.1) is 5.92 Å². The molecule has 4 amide bonds. The summed E-state index contributed by atoms with van der Waals surface area (Å²) in [5, 5.41) is 18.9. The summed E-state index contributed by atoms with van der Waals surface area (Å²) in [6.07, 6.45) is 0.235. The Morgan fingerprint density at radius 1 is 1.24 bits per heavy atom. The van der Waals surface area contributed by atoms with Crippen LogP contribution in [0.1, 0.15) is 52.4 Å². The van der Waals surface area contributed by atoms with Crippen LogP contribution in [0.3, 0.4) is 0 Å². The number of aromatic amines is 1. The Labute approximate surface area is 221 Å². The van der Waals surface area contributed by atoms with E-state index in [1.807, 2.05) is 26.0 Å². The fraction of sp³-hybridized carbons (Fsp3) is 0.560. The molecule has 0 radical (unpaired) electrons. The van der Waals surface area contributed by atoms with Crippen LogP contribution >= 0.6 is 0 Å². The highest BCUT2D eigenvalue weighted by Crippen LogP contribution is 2.33. The van der Waals surface area contributed by atoms with E-state index < -0.39 is 35.6 Å². The molecule has 0 spiro atoms. The van der Waals surface area contributed by atoms with E-state index in [2.05, 4.69) is 31.3 Å². The van der Waals surface area contributed by atoms with Crippen molar-refractivity contribution in [2.75, 3.05) is 18.5 Å². The van der Waals surface area contributed by atoms with E-state index in [-0.39, 0.29) is 24.9 Å². The largest absolute Gasteiger partial charge is 0.444 e. The lowest BCUT2D eigenvalue weighted by molar-refractivity contribution is -0.133. The molecular weight excluding hydrogens is 492 g/mol. The van der Waals surface area contributed by atoms with Gasteiger partial charge in [0.15, 0.2) is 5.82 Å². The molecule has 206 valence electrons. The third-order valence-corrected chi connectivity index (χ3v) is 6.26. The van der Waals surface area contributed by atoms with E-state index in [9.17, 15) is 19.2 Å². The lowest BCUT2D eigenvalue weighted by Crippen LogP contribution is -2.54. The highest BCUT2D eigenvalue weighted by Gasteiger charge is 2.40. The maximum absolute atomic E-state index is 13.4. The highest BCUT2D eigenvalue weighted by molar-refractivity contribution is 6.05. The Kier molecular flexibility index (Phi) is 9.02. The quantitative estimate of drug-likeness (QED) is 0.437. The summed E-state index contributed by atoms with van der Waals surface area (Å²) in [5.41, 5.74) is 0.740. The SMILES string of the molecule is CC[C@@H](C)[C@H](NC(=O)OC(C)(C)C)C(=O)NCC(=O)N1c2ccccc2C[C@H]1C(=O)N(C)Cc1nn[nH]n1. The van der Waals surface area contributed by atoms with Crippen LogP contribution in [0.5, 0.6) is 0 Å². The molecule has 3 atom stereocenters. The van der Waals surface area contributed by atoms with Gasteiger partial charge in [-0.15, -0.1) is 10.2 Å². The van der Waals surface area contributed by atoms with E-state index in [1.165, 1.54) is 9.80 Å². The number of amides is 4. The van der Waals surface area contributed by atoms with Crippen molar-refractivity contribution in [2.45, 2.75) is 71.7 Å². The molecule has 2 aromatic rings. The number of hydrogen-bond acceptors (Lipinski definition) is 8. The zero-order valence-corrected chi connectivity index (χ0v) is 22.6. The molecule has 0 unspecified atom stereocenters. The number of benzene rings is 1. The van der Waals surface area contributed by atoms with Crippen molar-refractivity contribution in [3.63, 3.8) is 0 Å². The fourth-order valence-corrected chi connectivity index (χ4v) is 4.18. The van der Waals surface area contributed by atoms with E-state index in [4.69, 9.17) is 4.74 Å². The number of likely N-dealkylation sites (N-methyl/N-ethyl adjacent to an activating group) is 1. The summed E-state index contributed by atoms with van der Waals surface area (Å²) in [6, 6.07) is 5.58. The second-order valence-electron chi connectivity index (χ2n) is 10.4. The average molecular weight is 529 g/mol. The number of ether oxygens (including phenoxy) is 1. The number of H-pyrrole nitrogens is 1. The third-order valence-electron chi connectivity index (χ3n) is 6.26. The molecule has 1 aromatic heterocycles. The molecule has 3 N–H and O–H groups in total. The molecule has 0 aliphatic carbocycles. The molecule has 2 heterocycles. The number of nitrogens with zero attached hydrogens (tertiary/aromatic N) is 5. The molecular formula is C25H36N8O5. The van der Waals surface area contributed by atoms with Gasteiger partial charge in [-0.2, -0.15) is 5.21 Å². The maximum Gasteiger partial charge on any atom is 0.408 e. The molecule has 0 saturated heterocycles. The van der Waals surface area contributed by atoms with Crippen LogP contribution in [0.25, 0.3) is 0 Å². The Morgan fingerprint density at radius 3 is 2.58 bits per heavy atom. The number of para-hydroxylation sites is 1. The number of anilines is 1. The number of rotatable bonds is 9. The number of fused-ring (bicyclic) bond motifs is 1. The average Bonchev–Trinajstić information content (AvgIpc) is 3.51. The number of alkyl carbamates (subject to hydrolysis) is 1. The topological polar surface area (TPSA) is 163 Å². The Morgan fingerprint density at radius 2 is 1.95 bits per heavy atom. The first-order valence-electron chi connectivity index (χ1n) is 12.6. The van der Waals surface area contributed by atoms with Gasteiger partial charge in [-0.1, -0.05) is 43.7 Å². The Bertz CT molecular complexity index is 1150. The second-order valence-corrected chi connectivity index (χ2v) is 10.4. The molecule has 1 aromatic carbocycles. The summed E-state index contributed by atoms with van der Waals surface area (Å²) in [7, 11) is 1.60. The van der Waals surface area contributed by atoms with Crippen LogP contribution in [0.2, 0.25) is 0 Å². The van der Waals surface area contributed by atoms with Crippen molar-refractivity contribution in [3.8, 4) is 0 Å². The van der Waals surface area contributed by atoms with Crippen molar-refractivity contribution in [1.82, 2.24) is 36.2 Å². The number of aromatic nitrogens is 4. The van der Waals surface area contributed by atoms with Gasteiger partial charge in [0.2, 0.25) is 17.7 Å². The molecule has 13 nitrogen and oxygen atoms in total. The van der Waals surface area contributed by atoms with Crippen molar-refractivity contribution >= 4 is 29.5 Å². The normalized spacial score (nSPS) is 16.3. The first-order chi connectivity index (χ1) is 17.9. The van der Waals surface area contributed by atoms with E-state index in [1.54, 1.807) is 40.0 Å². The molecule has 38 heavy (non-hydrogen) atoms. The van der Waals surface area contributed by atoms with E-state index in [0.29, 0.717) is 24.4 Å². The van der Waals surface area contributed by atoms with Gasteiger partial charge in [-0.25, -0.2) is 4.79 Å². The molecule has 13 heteroatoms. The summed E-state index contributed by atoms with van der Waals surface area (Å²) in [6.45, 7) is 8.68. The van der Waals surface area contributed by atoms with Gasteiger partial charge in [0.05, 0.1) is 13.1 Å². The molecule has 1 aliphatic rings. The van der Waals surface area contributed by atoms with Crippen molar-refractivity contribution in [2.24, 2.45) is 5.92 Å². The lowest BCUT2D eigenvalue weighted by Gasteiger charge is -2.29. The first-order valence-corrected chi connectivity index (χ1v) is 12.6. The van der Waals surface area contributed by atoms with Crippen molar-refractivity contribution < 1.29 is 23.9 Å². The maximum atomic E-state index is 13.4. The van der Waals surface area contributed by atoms with Crippen LogP contribution in [0.4, 0.5) is 10.5 Å². The summed E-state index contributed by atoms with van der Waals surface area (Å²) in [4.78, 5) is 55.0. The van der Waals surface area contributed by atoms with Gasteiger partial charge >= 0.3 is 6.09 Å². The number of hydrogen-bond donors (Lipinski definition) is 3. The van der Waals surface area contributed by atoms with Crippen LogP contribution in [-0.4, -0.2) is 80.6 Å². The smallest absolute Gasteiger partial charge is 0.408 e.